The maximum atomic E-state index is 11.3. The fraction of sp³-hybridized carbons (Fsp3) is 0.407. The summed E-state index contributed by atoms with van der Waals surface area (Å²) in [4.78, 5) is 13.8. The molecule has 2 heterocycles. The number of hydrogen-bond acceptors (Lipinski definition) is 4. The minimum absolute atomic E-state index is 0.318. The maximum absolute atomic E-state index is 11.3. The lowest BCUT2D eigenvalue weighted by molar-refractivity contribution is 0.0697. The van der Waals surface area contributed by atoms with Gasteiger partial charge in [0.05, 0.1) is 15.6 Å². The predicted molar refractivity (Wildman–Crippen MR) is 133 cm³/mol. The molecule has 6 rings (SSSR count). The number of anilines is 1. The third kappa shape index (κ3) is 3.44. The molecular formula is C27H26Cl2N2O3. The smallest absolute Gasteiger partial charge is 0.335 e. The van der Waals surface area contributed by atoms with Crippen LogP contribution in [0.5, 0.6) is 0 Å². The van der Waals surface area contributed by atoms with Crippen LogP contribution in [0.2, 0.25) is 10.0 Å². The minimum Gasteiger partial charge on any atom is -0.478 e. The molecule has 7 heteroatoms. The Labute approximate surface area is 208 Å². The van der Waals surface area contributed by atoms with Gasteiger partial charge < -0.3 is 14.5 Å². The normalized spacial score (nSPS) is 25.8. The molecule has 5 nitrogen and oxygen atoms in total. The third-order valence-corrected chi connectivity index (χ3v) is 8.57. The Balaban J connectivity index is 1.38. The zero-order valence-corrected chi connectivity index (χ0v) is 20.4. The summed E-state index contributed by atoms with van der Waals surface area (Å²) in [5, 5.41) is 15.0. The predicted octanol–water partition coefficient (Wildman–Crippen LogP) is 7.39. The molecule has 3 fully saturated rings. The van der Waals surface area contributed by atoms with Gasteiger partial charge in [0.15, 0.2) is 0 Å². The van der Waals surface area contributed by atoms with Crippen molar-refractivity contribution >= 4 is 34.9 Å². The number of benzene rings is 2. The fourth-order valence-corrected chi connectivity index (χ4v) is 6.97. The molecular weight excluding hydrogens is 471 g/mol. The standard InChI is InChI=1S/C27H26Cl2N2O3/c1-2-22-18-12-17(31(22)16-10-8-15(9-11-16)27(32)33)13-19(18)23-25(30-34-26(23)14-6-7-14)24-20(28)4-3-5-21(24)29/h3-5,8-11,14,17-19,22H,2,6-7,12-13H2,1H3,(H,32,33). The third-order valence-electron chi connectivity index (χ3n) is 7.94. The number of carboxylic acids is 1. The van der Waals surface area contributed by atoms with Crippen LogP contribution in [0.25, 0.3) is 11.3 Å². The van der Waals surface area contributed by atoms with E-state index >= 15 is 0 Å². The van der Waals surface area contributed by atoms with Gasteiger partial charge >= 0.3 is 5.97 Å². The summed E-state index contributed by atoms with van der Waals surface area (Å²) < 4.78 is 5.98. The first-order valence-electron chi connectivity index (χ1n) is 12.0. The number of aromatic carboxylic acids is 1. The number of carboxylic acid groups (broad SMARTS) is 1. The van der Waals surface area contributed by atoms with E-state index in [-0.39, 0.29) is 0 Å². The Kier molecular flexibility index (Phi) is 5.38. The van der Waals surface area contributed by atoms with Crippen molar-refractivity contribution < 1.29 is 14.4 Å². The van der Waals surface area contributed by atoms with Gasteiger partial charge in [-0.25, -0.2) is 4.79 Å². The van der Waals surface area contributed by atoms with Gasteiger partial charge in [-0.1, -0.05) is 41.3 Å². The first kappa shape index (κ1) is 22.0. The molecule has 2 aliphatic carbocycles. The number of nitrogens with zero attached hydrogens (tertiary/aromatic N) is 2. The molecule has 176 valence electrons. The van der Waals surface area contributed by atoms with E-state index in [1.807, 2.05) is 30.3 Å². The van der Waals surface area contributed by atoms with Crippen molar-refractivity contribution in [1.29, 1.82) is 0 Å². The molecule has 2 aromatic carbocycles. The van der Waals surface area contributed by atoms with E-state index in [0.717, 1.165) is 54.8 Å². The summed E-state index contributed by atoms with van der Waals surface area (Å²) in [5.41, 5.74) is 4.21. The average molecular weight is 497 g/mol. The molecule has 0 radical (unpaired) electrons. The molecule has 1 saturated heterocycles. The molecule has 3 aromatic rings. The van der Waals surface area contributed by atoms with Crippen LogP contribution < -0.4 is 4.90 Å². The SMILES string of the molecule is CCC1C2CC(CC2c2c(-c3c(Cl)cccc3Cl)noc2C2CC2)N1c1ccc(C(=O)O)cc1. The van der Waals surface area contributed by atoms with E-state index in [1.165, 1.54) is 5.56 Å². The van der Waals surface area contributed by atoms with Crippen molar-refractivity contribution in [3.05, 3.63) is 69.4 Å². The van der Waals surface area contributed by atoms with E-state index in [4.69, 9.17) is 27.7 Å². The lowest BCUT2D eigenvalue weighted by atomic mass is 9.79. The topological polar surface area (TPSA) is 66.6 Å². The number of fused-ring (bicyclic) bond motifs is 2. The van der Waals surface area contributed by atoms with Crippen LogP contribution in [0.3, 0.4) is 0 Å². The van der Waals surface area contributed by atoms with Crippen molar-refractivity contribution in [2.75, 3.05) is 4.90 Å². The number of aromatic nitrogens is 1. The van der Waals surface area contributed by atoms with Gasteiger partial charge in [-0.15, -0.1) is 0 Å². The van der Waals surface area contributed by atoms with Gasteiger partial charge in [-0.2, -0.15) is 0 Å². The van der Waals surface area contributed by atoms with E-state index in [1.54, 1.807) is 12.1 Å². The molecule has 2 bridgehead atoms. The van der Waals surface area contributed by atoms with Crippen molar-refractivity contribution in [1.82, 2.24) is 5.16 Å². The summed E-state index contributed by atoms with van der Waals surface area (Å²) in [6, 6.07) is 13.6. The lowest BCUT2D eigenvalue weighted by Gasteiger charge is -2.40. The minimum atomic E-state index is -0.896. The zero-order chi connectivity index (χ0) is 23.6. The van der Waals surface area contributed by atoms with Gasteiger partial charge in [-0.3, -0.25) is 0 Å². The van der Waals surface area contributed by atoms with Gasteiger partial charge in [-0.05, 0) is 80.3 Å². The molecule has 2 saturated carbocycles. The van der Waals surface area contributed by atoms with E-state index in [0.29, 0.717) is 45.4 Å². The monoisotopic (exact) mass is 496 g/mol. The molecule has 0 spiro atoms. The highest BCUT2D eigenvalue weighted by atomic mass is 35.5. The highest BCUT2D eigenvalue weighted by molar-refractivity contribution is 6.39. The maximum Gasteiger partial charge on any atom is 0.335 e. The van der Waals surface area contributed by atoms with Crippen LogP contribution >= 0.6 is 23.2 Å². The van der Waals surface area contributed by atoms with Crippen molar-refractivity contribution in [3.8, 4) is 11.3 Å². The van der Waals surface area contributed by atoms with Crippen LogP contribution in [0.1, 0.15) is 72.5 Å². The Morgan fingerprint density at radius 2 is 1.82 bits per heavy atom. The van der Waals surface area contributed by atoms with Crippen molar-refractivity contribution in [2.24, 2.45) is 5.92 Å². The summed E-state index contributed by atoms with van der Waals surface area (Å²) >= 11 is 13.2. The molecule has 4 atom stereocenters. The largest absolute Gasteiger partial charge is 0.478 e. The van der Waals surface area contributed by atoms with Crippen molar-refractivity contribution in [3.63, 3.8) is 0 Å². The van der Waals surface area contributed by atoms with Crippen LogP contribution in [-0.2, 0) is 0 Å². The number of hydrogen-bond donors (Lipinski definition) is 1. The molecule has 1 aromatic heterocycles. The summed E-state index contributed by atoms with van der Waals surface area (Å²) in [5.74, 6) is 1.37. The molecule has 34 heavy (non-hydrogen) atoms. The van der Waals surface area contributed by atoms with Gasteiger partial charge in [0, 0.05) is 34.8 Å². The second-order valence-corrected chi connectivity index (χ2v) is 10.6. The summed E-state index contributed by atoms with van der Waals surface area (Å²) in [7, 11) is 0. The Hall–Kier alpha value is -2.50. The van der Waals surface area contributed by atoms with Gasteiger partial charge in [0.25, 0.3) is 0 Å². The number of piperidine rings is 1. The number of rotatable bonds is 6. The van der Waals surface area contributed by atoms with Crippen molar-refractivity contribution in [2.45, 2.75) is 62.9 Å². The van der Waals surface area contributed by atoms with Gasteiger partial charge in [0.1, 0.15) is 11.5 Å². The summed E-state index contributed by atoms with van der Waals surface area (Å²) in [6.45, 7) is 2.24. The fourth-order valence-electron chi connectivity index (χ4n) is 6.39. The zero-order valence-electron chi connectivity index (χ0n) is 18.9. The quantitative estimate of drug-likeness (QED) is 0.385. The van der Waals surface area contributed by atoms with E-state index in [9.17, 15) is 9.90 Å². The molecule has 1 N–H and O–H groups in total. The highest BCUT2D eigenvalue weighted by Crippen LogP contribution is 2.58. The Morgan fingerprint density at radius 1 is 1.12 bits per heavy atom. The van der Waals surface area contributed by atoms with Crippen LogP contribution in [-0.4, -0.2) is 28.3 Å². The second-order valence-electron chi connectivity index (χ2n) is 9.81. The highest BCUT2D eigenvalue weighted by Gasteiger charge is 2.53. The number of halogens is 2. The summed E-state index contributed by atoms with van der Waals surface area (Å²) in [6.07, 6.45) is 5.41. The van der Waals surface area contributed by atoms with E-state index in [2.05, 4.69) is 17.0 Å². The van der Waals surface area contributed by atoms with Gasteiger partial charge in [0.2, 0.25) is 0 Å². The first-order valence-corrected chi connectivity index (χ1v) is 12.8. The van der Waals surface area contributed by atoms with Crippen LogP contribution in [0.15, 0.2) is 47.0 Å². The molecule has 3 aliphatic rings. The molecule has 4 unspecified atom stereocenters. The van der Waals surface area contributed by atoms with Crippen LogP contribution in [0, 0.1) is 5.92 Å². The van der Waals surface area contributed by atoms with E-state index < -0.39 is 5.97 Å². The number of carbonyl (C=O) groups is 1. The Bertz CT molecular complexity index is 1230. The van der Waals surface area contributed by atoms with Crippen LogP contribution in [0.4, 0.5) is 5.69 Å². The Morgan fingerprint density at radius 3 is 2.44 bits per heavy atom. The molecule has 0 amide bonds. The average Bonchev–Trinajstić information content (AvgIpc) is 3.30. The lowest BCUT2D eigenvalue weighted by Crippen LogP contribution is -2.43. The molecule has 1 aliphatic heterocycles. The first-order chi connectivity index (χ1) is 16.5. The second kappa shape index (κ2) is 8.31.